The molecule has 0 spiro atoms. The van der Waals surface area contributed by atoms with Crippen LogP contribution in [0.3, 0.4) is 0 Å². The number of nitrogens with zero attached hydrogens (tertiary/aromatic N) is 1. The number of anilines is 1. The minimum Gasteiger partial charge on any atom is -0.496 e. The number of methoxy groups -OCH3 is 1. The third kappa shape index (κ3) is 6.29. The molecule has 0 saturated heterocycles. The maximum absolute atomic E-state index is 12.2. The Hall–Kier alpha value is -3.45. The zero-order valence-corrected chi connectivity index (χ0v) is 16.7. The molecule has 7 heteroatoms. The predicted molar refractivity (Wildman–Crippen MR) is 115 cm³/mol. The fourth-order valence-electron chi connectivity index (χ4n) is 2.60. The Morgan fingerprint density at radius 2 is 1.86 bits per heavy atom. The number of benzene rings is 2. The van der Waals surface area contributed by atoms with Crippen LogP contribution in [0.1, 0.15) is 16.8 Å². The highest BCUT2D eigenvalue weighted by Crippen LogP contribution is 2.18. The Bertz CT molecular complexity index is 999. The second kappa shape index (κ2) is 10.2. The van der Waals surface area contributed by atoms with Crippen LogP contribution in [0.5, 0.6) is 5.75 Å². The largest absolute Gasteiger partial charge is 0.496 e. The molecule has 0 unspecified atom stereocenters. The first-order valence-corrected chi connectivity index (χ1v) is 9.89. The number of thiazole rings is 1. The van der Waals surface area contributed by atoms with E-state index in [-0.39, 0.29) is 18.2 Å². The summed E-state index contributed by atoms with van der Waals surface area (Å²) < 4.78 is 5.28. The molecule has 3 aromatic rings. The third-order valence-corrected chi connectivity index (χ3v) is 4.83. The van der Waals surface area contributed by atoms with Gasteiger partial charge >= 0.3 is 0 Å². The number of carbonyl (C=O) groups excluding carboxylic acids is 2. The minimum absolute atomic E-state index is 0.140. The first-order chi connectivity index (χ1) is 14.1. The van der Waals surface area contributed by atoms with Crippen LogP contribution in [0.25, 0.3) is 6.08 Å². The van der Waals surface area contributed by atoms with Crippen LogP contribution in [0, 0.1) is 0 Å². The Kier molecular flexibility index (Phi) is 7.13. The molecular weight excluding hydrogens is 386 g/mol. The Morgan fingerprint density at radius 3 is 2.66 bits per heavy atom. The van der Waals surface area contributed by atoms with Gasteiger partial charge in [0, 0.05) is 23.6 Å². The summed E-state index contributed by atoms with van der Waals surface area (Å²) in [5, 5.41) is 7.79. The summed E-state index contributed by atoms with van der Waals surface area (Å²) >= 11 is 1.29. The number of amides is 2. The van der Waals surface area contributed by atoms with Gasteiger partial charge in [-0.1, -0.05) is 48.5 Å². The van der Waals surface area contributed by atoms with Crippen LogP contribution in [0.15, 0.2) is 66.1 Å². The van der Waals surface area contributed by atoms with Crippen molar-refractivity contribution in [2.24, 2.45) is 0 Å². The monoisotopic (exact) mass is 407 g/mol. The molecule has 2 N–H and O–H groups in total. The molecule has 0 aliphatic carbocycles. The van der Waals surface area contributed by atoms with E-state index in [0.29, 0.717) is 17.4 Å². The SMILES string of the molecule is COc1ccccc1CNC(=O)Cc1csc(NC(=O)/C=C/c2ccccc2)n1. The number of aromatic nitrogens is 1. The Balaban J connectivity index is 1.48. The number of nitrogens with one attached hydrogen (secondary N) is 2. The smallest absolute Gasteiger partial charge is 0.250 e. The second-order valence-corrected chi connectivity index (χ2v) is 7.00. The summed E-state index contributed by atoms with van der Waals surface area (Å²) in [4.78, 5) is 28.5. The molecule has 0 radical (unpaired) electrons. The lowest BCUT2D eigenvalue weighted by atomic mass is 10.2. The lowest BCUT2D eigenvalue weighted by Gasteiger charge is -2.09. The van der Waals surface area contributed by atoms with Gasteiger partial charge in [-0.15, -0.1) is 11.3 Å². The van der Waals surface area contributed by atoms with Crippen molar-refractivity contribution in [1.82, 2.24) is 10.3 Å². The van der Waals surface area contributed by atoms with E-state index < -0.39 is 0 Å². The van der Waals surface area contributed by atoms with Crippen molar-refractivity contribution in [3.8, 4) is 5.75 Å². The first kappa shape index (κ1) is 20.3. The highest BCUT2D eigenvalue weighted by atomic mass is 32.1. The van der Waals surface area contributed by atoms with Crippen molar-refractivity contribution in [3.63, 3.8) is 0 Å². The zero-order valence-electron chi connectivity index (χ0n) is 15.9. The van der Waals surface area contributed by atoms with E-state index in [9.17, 15) is 9.59 Å². The van der Waals surface area contributed by atoms with Crippen LogP contribution in [-0.2, 0) is 22.6 Å². The molecule has 29 heavy (non-hydrogen) atoms. The highest BCUT2D eigenvalue weighted by molar-refractivity contribution is 7.14. The van der Waals surface area contributed by atoms with E-state index >= 15 is 0 Å². The molecule has 0 aliphatic heterocycles. The van der Waals surface area contributed by atoms with Crippen molar-refractivity contribution in [2.45, 2.75) is 13.0 Å². The number of hydrogen-bond donors (Lipinski definition) is 2. The van der Waals surface area contributed by atoms with E-state index in [1.165, 1.54) is 17.4 Å². The Morgan fingerprint density at radius 1 is 1.10 bits per heavy atom. The summed E-state index contributed by atoms with van der Waals surface area (Å²) in [7, 11) is 1.60. The van der Waals surface area contributed by atoms with Gasteiger partial charge in [0.15, 0.2) is 5.13 Å². The van der Waals surface area contributed by atoms with Crippen LogP contribution < -0.4 is 15.4 Å². The van der Waals surface area contributed by atoms with Crippen molar-refractivity contribution >= 4 is 34.4 Å². The van der Waals surface area contributed by atoms with Gasteiger partial charge in [0.25, 0.3) is 0 Å². The molecule has 1 heterocycles. The van der Waals surface area contributed by atoms with Crippen LogP contribution in [0.4, 0.5) is 5.13 Å². The van der Waals surface area contributed by atoms with Gasteiger partial charge in [-0.3, -0.25) is 14.9 Å². The minimum atomic E-state index is -0.268. The third-order valence-electron chi connectivity index (χ3n) is 4.02. The summed E-state index contributed by atoms with van der Waals surface area (Å²) in [6.07, 6.45) is 3.33. The lowest BCUT2D eigenvalue weighted by molar-refractivity contribution is -0.120. The van der Waals surface area contributed by atoms with Gasteiger partial charge < -0.3 is 10.1 Å². The molecule has 148 valence electrons. The van der Waals surface area contributed by atoms with E-state index in [4.69, 9.17) is 4.74 Å². The maximum Gasteiger partial charge on any atom is 0.250 e. The zero-order chi connectivity index (χ0) is 20.5. The number of para-hydroxylation sites is 1. The first-order valence-electron chi connectivity index (χ1n) is 9.01. The van der Waals surface area contributed by atoms with E-state index in [2.05, 4.69) is 15.6 Å². The maximum atomic E-state index is 12.2. The van der Waals surface area contributed by atoms with Crippen LogP contribution in [0.2, 0.25) is 0 Å². The van der Waals surface area contributed by atoms with E-state index in [1.54, 1.807) is 18.6 Å². The summed E-state index contributed by atoms with van der Waals surface area (Å²) in [6.45, 7) is 0.376. The van der Waals surface area contributed by atoms with E-state index in [1.807, 2.05) is 54.6 Å². The molecular formula is C22H21N3O3S. The summed E-state index contributed by atoms with van der Waals surface area (Å²) in [6, 6.07) is 17.1. The average Bonchev–Trinajstić information content (AvgIpc) is 3.18. The molecule has 0 aliphatic rings. The normalized spacial score (nSPS) is 10.7. The number of carbonyl (C=O) groups is 2. The van der Waals surface area contributed by atoms with Crippen LogP contribution >= 0.6 is 11.3 Å². The van der Waals surface area contributed by atoms with Gasteiger partial charge in [0.1, 0.15) is 5.75 Å². The van der Waals surface area contributed by atoms with Gasteiger partial charge in [-0.25, -0.2) is 4.98 Å². The molecule has 3 rings (SSSR count). The standard InChI is InChI=1S/C22H21N3O3S/c1-28-19-10-6-5-9-17(19)14-23-21(27)13-18-15-29-22(24-18)25-20(26)12-11-16-7-3-2-4-8-16/h2-12,15H,13-14H2,1H3,(H,23,27)(H,24,25,26)/b12-11+. The predicted octanol–water partition coefficient (Wildman–Crippen LogP) is 3.66. The van der Waals surface area contributed by atoms with Crippen molar-refractivity contribution in [2.75, 3.05) is 12.4 Å². The summed E-state index contributed by atoms with van der Waals surface area (Å²) in [5.74, 6) is 0.313. The summed E-state index contributed by atoms with van der Waals surface area (Å²) in [5.41, 5.74) is 2.45. The average molecular weight is 407 g/mol. The topological polar surface area (TPSA) is 80.3 Å². The lowest BCUT2D eigenvalue weighted by Crippen LogP contribution is -2.24. The molecule has 0 fully saturated rings. The molecule has 0 atom stereocenters. The molecule has 1 aromatic heterocycles. The fraction of sp³-hybridized carbons (Fsp3) is 0.136. The Labute approximate surface area is 173 Å². The number of hydrogen-bond acceptors (Lipinski definition) is 5. The van der Waals surface area contributed by atoms with Gasteiger partial charge in [-0.05, 0) is 17.7 Å². The van der Waals surface area contributed by atoms with Gasteiger partial charge in [0.05, 0.1) is 19.2 Å². The van der Waals surface area contributed by atoms with Gasteiger partial charge in [-0.2, -0.15) is 0 Å². The van der Waals surface area contributed by atoms with Crippen molar-refractivity contribution < 1.29 is 14.3 Å². The molecule has 2 aromatic carbocycles. The van der Waals surface area contributed by atoms with Crippen molar-refractivity contribution in [1.29, 1.82) is 0 Å². The molecule has 6 nitrogen and oxygen atoms in total. The van der Waals surface area contributed by atoms with E-state index in [0.717, 1.165) is 16.9 Å². The molecule has 0 saturated carbocycles. The molecule has 2 amide bonds. The highest BCUT2D eigenvalue weighted by Gasteiger charge is 2.10. The number of rotatable bonds is 8. The van der Waals surface area contributed by atoms with Crippen LogP contribution in [-0.4, -0.2) is 23.9 Å². The molecule has 0 bridgehead atoms. The quantitative estimate of drug-likeness (QED) is 0.559. The van der Waals surface area contributed by atoms with Crippen molar-refractivity contribution in [3.05, 3.63) is 82.9 Å². The number of ether oxygens (including phenoxy) is 1. The van der Waals surface area contributed by atoms with Gasteiger partial charge in [0.2, 0.25) is 11.8 Å². The fourth-order valence-corrected chi connectivity index (χ4v) is 3.31. The second-order valence-electron chi connectivity index (χ2n) is 6.14.